The van der Waals surface area contributed by atoms with Gasteiger partial charge in [-0.3, -0.25) is 4.90 Å². The van der Waals surface area contributed by atoms with E-state index in [2.05, 4.69) is 64.6 Å². The second-order valence-electron chi connectivity index (χ2n) is 7.54. The van der Waals surface area contributed by atoms with Crippen molar-refractivity contribution in [2.75, 3.05) is 6.54 Å². The minimum absolute atomic E-state index is 0.259. The van der Waals surface area contributed by atoms with Gasteiger partial charge in [-0.1, -0.05) is 39.0 Å². The van der Waals surface area contributed by atoms with E-state index < -0.39 is 0 Å². The maximum atomic E-state index is 2.59. The average molecular weight is 245 g/mol. The number of nitrogens with zero attached hydrogens (tertiary/aromatic N) is 1. The van der Waals surface area contributed by atoms with Gasteiger partial charge >= 0.3 is 0 Å². The Balaban J connectivity index is 2.36. The van der Waals surface area contributed by atoms with E-state index in [1.165, 1.54) is 24.1 Å². The van der Waals surface area contributed by atoms with Crippen LogP contribution in [0.25, 0.3) is 0 Å². The molecule has 0 fully saturated rings. The first-order chi connectivity index (χ1) is 8.19. The van der Waals surface area contributed by atoms with E-state index in [4.69, 9.17) is 0 Å². The molecule has 0 N–H and O–H groups in total. The van der Waals surface area contributed by atoms with Crippen molar-refractivity contribution in [1.29, 1.82) is 0 Å². The van der Waals surface area contributed by atoms with Gasteiger partial charge in [-0.2, -0.15) is 0 Å². The number of rotatable bonds is 0. The Morgan fingerprint density at radius 2 is 1.67 bits per heavy atom. The minimum Gasteiger partial charge on any atom is -0.294 e. The molecule has 1 aliphatic rings. The summed E-state index contributed by atoms with van der Waals surface area (Å²) in [4.78, 5) is 2.59. The highest BCUT2D eigenvalue weighted by molar-refractivity contribution is 5.40. The van der Waals surface area contributed by atoms with Crippen LogP contribution in [0.15, 0.2) is 18.2 Å². The molecule has 18 heavy (non-hydrogen) atoms. The molecule has 1 heterocycles. The van der Waals surface area contributed by atoms with E-state index in [0.29, 0.717) is 0 Å². The maximum Gasteiger partial charge on any atom is 0.0241 e. The summed E-state index contributed by atoms with van der Waals surface area (Å²) < 4.78 is 0. The summed E-state index contributed by atoms with van der Waals surface area (Å²) in [7, 11) is 0. The van der Waals surface area contributed by atoms with Crippen molar-refractivity contribution in [3.8, 4) is 0 Å². The smallest absolute Gasteiger partial charge is 0.0241 e. The first kappa shape index (κ1) is 13.6. The molecule has 0 aliphatic carbocycles. The van der Waals surface area contributed by atoms with Crippen LogP contribution in [-0.4, -0.2) is 17.0 Å². The molecule has 1 nitrogen and oxygen atoms in total. The number of fused-ring (bicyclic) bond motifs is 1. The monoisotopic (exact) mass is 245 g/mol. The molecule has 0 atom stereocenters. The van der Waals surface area contributed by atoms with Gasteiger partial charge in [-0.25, -0.2) is 0 Å². The summed E-state index contributed by atoms with van der Waals surface area (Å²) in [6, 6.07) is 6.85. The van der Waals surface area contributed by atoms with E-state index in [1.54, 1.807) is 5.56 Å². The third-order valence-electron chi connectivity index (χ3n) is 4.02. The second kappa shape index (κ2) is 4.38. The molecule has 0 amide bonds. The van der Waals surface area contributed by atoms with Crippen molar-refractivity contribution >= 4 is 0 Å². The predicted octanol–water partition coefficient (Wildman–Crippen LogP) is 4.14. The molecule has 0 aromatic heterocycles. The highest BCUT2D eigenvalue weighted by Crippen LogP contribution is 2.33. The highest BCUT2D eigenvalue weighted by atomic mass is 15.2. The molecule has 100 valence electrons. The lowest BCUT2D eigenvalue weighted by atomic mass is 9.79. The lowest BCUT2D eigenvalue weighted by molar-refractivity contribution is 0.120. The van der Waals surface area contributed by atoms with Crippen LogP contribution in [0.4, 0.5) is 0 Å². The Labute approximate surface area is 112 Å². The van der Waals surface area contributed by atoms with Gasteiger partial charge in [0.1, 0.15) is 0 Å². The number of hydrogen-bond acceptors (Lipinski definition) is 1. The molecule has 0 unspecified atom stereocenters. The molecule has 1 aromatic carbocycles. The Hall–Kier alpha value is -0.820. The molecule has 0 bridgehead atoms. The lowest BCUT2D eigenvalue weighted by Gasteiger charge is -2.40. The van der Waals surface area contributed by atoms with Gasteiger partial charge < -0.3 is 0 Å². The molecular weight excluding hydrogens is 218 g/mol. The van der Waals surface area contributed by atoms with E-state index in [1.807, 2.05) is 0 Å². The highest BCUT2D eigenvalue weighted by Gasteiger charge is 2.28. The quantitative estimate of drug-likeness (QED) is 0.664. The maximum absolute atomic E-state index is 2.59. The fourth-order valence-corrected chi connectivity index (χ4v) is 2.88. The van der Waals surface area contributed by atoms with Crippen LogP contribution in [0, 0.1) is 0 Å². The third kappa shape index (κ3) is 2.61. The van der Waals surface area contributed by atoms with E-state index in [-0.39, 0.29) is 11.0 Å². The van der Waals surface area contributed by atoms with Crippen LogP contribution in [0.3, 0.4) is 0 Å². The fourth-order valence-electron chi connectivity index (χ4n) is 2.88. The Morgan fingerprint density at radius 1 is 1.00 bits per heavy atom. The van der Waals surface area contributed by atoms with Crippen LogP contribution in [0.1, 0.15) is 58.2 Å². The molecule has 1 aromatic rings. The van der Waals surface area contributed by atoms with Crippen LogP contribution < -0.4 is 0 Å². The third-order valence-corrected chi connectivity index (χ3v) is 4.02. The lowest BCUT2D eigenvalue weighted by Crippen LogP contribution is -2.44. The first-order valence-electron chi connectivity index (χ1n) is 7.06. The van der Waals surface area contributed by atoms with Crippen molar-refractivity contribution < 1.29 is 0 Å². The summed E-state index contributed by atoms with van der Waals surface area (Å²) in [5, 5.41) is 0. The number of benzene rings is 1. The Bertz CT molecular complexity index is 432. The second-order valence-corrected chi connectivity index (χ2v) is 7.54. The molecule has 0 saturated heterocycles. The van der Waals surface area contributed by atoms with Crippen molar-refractivity contribution in [2.24, 2.45) is 0 Å². The zero-order chi connectivity index (χ0) is 13.6. The average Bonchev–Trinajstić information content (AvgIpc) is 2.25. The predicted molar refractivity (Wildman–Crippen MR) is 79.0 cm³/mol. The van der Waals surface area contributed by atoms with Gasteiger partial charge in [0, 0.05) is 18.6 Å². The molecule has 2 rings (SSSR count). The zero-order valence-corrected chi connectivity index (χ0v) is 12.8. The van der Waals surface area contributed by atoms with E-state index in [9.17, 15) is 0 Å². The summed E-state index contributed by atoms with van der Waals surface area (Å²) >= 11 is 0. The van der Waals surface area contributed by atoms with Crippen molar-refractivity contribution in [3.63, 3.8) is 0 Å². The summed E-state index contributed by atoms with van der Waals surface area (Å²) in [6.07, 6.45) is 1.19. The number of hydrogen-bond donors (Lipinski definition) is 0. The van der Waals surface area contributed by atoms with Crippen LogP contribution in [-0.2, 0) is 18.4 Å². The van der Waals surface area contributed by atoms with Gasteiger partial charge in [0.2, 0.25) is 0 Å². The van der Waals surface area contributed by atoms with Crippen molar-refractivity contribution in [1.82, 2.24) is 4.90 Å². The van der Waals surface area contributed by atoms with Gasteiger partial charge in [-0.15, -0.1) is 0 Å². The standard InChI is InChI=1S/C17H27N/c1-16(2,3)15-9-7-8-13-12-18(17(4,5)6)11-10-14(13)15/h7-9H,10-12H2,1-6H3. The molecular formula is C17H27N. The summed E-state index contributed by atoms with van der Waals surface area (Å²) in [5.74, 6) is 0. The fraction of sp³-hybridized carbons (Fsp3) is 0.647. The summed E-state index contributed by atoms with van der Waals surface area (Å²) in [5.41, 5.74) is 5.20. The van der Waals surface area contributed by atoms with E-state index in [0.717, 1.165) is 6.54 Å². The van der Waals surface area contributed by atoms with Gasteiger partial charge in [-0.05, 0) is 49.3 Å². The Kier molecular flexibility index (Phi) is 3.31. The summed E-state index contributed by atoms with van der Waals surface area (Å²) in [6.45, 7) is 16.2. The van der Waals surface area contributed by atoms with Gasteiger partial charge in [0.15, 0.2) is 0 Å². The molecule has 0 spiro atoms. The largest absolute Gasteiger partial charge is 0.294 e. The van der Waals surface area contributed by atoms with Crippen molar-refractivity contribution in [2.45, 2.75) is 65.5 Å². The van der Waals surface area contributed by atoms with Crippen LogP contribution in [0.5, 0.6) is 0 Å². The normalized spacial score (nSPS) is 17.7. The molecule has 0 radical (unpaired) electrons. The minimum atomic E-state index is 0.259. The molecule has 1 heteroatoms. The zero-order valence-electron chi connectivity index (χ0n) is 12.8. The first-order valence-corrected chi connectivity index (χ1v) is 7.06. The van der Waals surface area contributed by atoms with Crippen LogP contribution in [0.2, 0.25) is 0 Å². The molecule has 1 aliphatic heterocycles. The van der Waals surface area contributed by atoms with Gasteiger partial charge in [0.25, 0.3) is 0 Å². The molecule has 0 saturated carbocycles. The van der Waals surface area contributed by atoms with Crippen LogP contribution >= 0.6 is 0 Å². The van der Waals surface area contributed by atoms with E-state index >= 15 is 0 Å². The topological polar surface area (TPSA) is 3.24 Å². The SMILES string of the molecule is CC(C)(C)c1cccc2c1CCN(C(C)(C)C)C2. The Morgan fingerprint density at radius 3 is 2.22 bits per heavy atom. The van der Waals surface area contributed by atoms with Crippen molar-refractivity contribution in [3.05, 3.63) is 34.9 Å². The van der Waals surface area contributed by atoms with Gasteiger partial charge in [0.05, 0.1) is 0 Å².